The van der Waals surface area contributed by atoms with Gasteiger partial charge in [-0.25, -0.2) is 0 Å². The molecule has 98 valence electrons. The number of rotatable bonds is 5. The Balaban J connectivity index is 2.30. The summed E-state index contributed by atoms with van der Waals surface area (Å²) in [4.78, 5) is 22.6. The summed E-state index contributed by atoms with van der Waals surface area (Å²) in [6.45, 7) is 5.63. The molecule has 1 heterocycles. The summed E-state index contributed by atoms with van der Waals surface area (Å²) in [6.07, 6.45) is 6.29. The smallest absolute Gasteiger partial charge is 0.260 e. The van der Waals surface area contributed by atoms with E-state index in [1.165, 1.54) is 0 Å². The van der Waals surface area contributed by atoms with Crippen molar-refractivity contribution in [3.63, 3.8) is 0 Å². The molecular weight excluding hydrogens is 298 g/mol. The number of halogens is 1. The minimum atomic E-state index is -0.452. The molecule has 5 nitrogen and oxygen atoms in total. The third kappa shape index (κ3) is 5.18. The molecule has 0 bridgehead atoms. The van der Waals surface area contributed by atoms with Crippen molar-refractivity contribution in [3.8, 4) is 0 Å². The summed E-state index contributed by atoms with van der Waals surface area (Å²) in [5.74, 6) is -0.352. The first-order valence-electron chi connectivity index (χ1n) is 5.53. The van der Waals surface area contributed by atoms with E-state index in [1.54, 1.807) is 12.2 Å². The summed E-state index contributed by atoms with van der Waals surface area (Å²) in [7, 11) is 0. The zero-order valence-electron chi connectivity index (χ0n) is 10.1. The third-order valence-corrected chi connectivity index (χ3v) is 2.55. The monoisotopic (exact) mass is 313 g/mol. The van der Waals surface area contributed by atoms with Gasteiger partial charge in [0.1, 0.15) is 6.04 Å². The van der Waals surface area contributed by atoms with E-state index in [9.17, 15) is 9.59 Å². The van der Waals surface area contributed by atoms with Gasteiger partial charge in [-0.3, -0.25) is 20.4 Å². The molecule has 3 N–H and O–H groups in total. The van der Waals surface area contributed by atoms with Crippen LogP contribution in [0.4, 0.5) is 0 Å². The van der Waals surface area contributed by atoms with Crippen LogP contribution in [0.25, 0.3) is 0 Å². The fourth-order valence-corrected chi connectivity index (χ4v) is 1.53. The van der Waals surface area contributed by atoms with Crippen LogP contribution in [0.3, 0.4) is 0 Å². The second kappa shape index (κ2) is 7.00. The van der Waals surface area contributed by atoms with E-state index in [1.807, 2.05) is 13.0 Å². The average molecular weight is 314 g/mol. The molecule has 0 radical (unpaired) electrons. The van der Waals surface area contributed by atoms with Crippen molar-refractivity contribution >= 4 is 27.7 Å². The Hall–Kier alpha value is -1.56. The van der Waals surface area contributed by atoms with E-state index in [0.717, 1.165) is 4.48 Å². The average Bonchev–Trinajstić information content (AvgIpc) is 2.72. The Morgan fingerprint density at radius 2 is 2.28 bits per heavy atom. The minimum absolute atomic E-state index is 0.0909. The molecule has 0 aromatic heterocycles. The van der Waals surface area contributed by atoms with E-state index < -0.39 is 6.04 Å². The molecule has 1 aliphatic rings. The van der Waals surface area contributed by atoms with Gasteiger partial charge >= 0.3 is 0 Å². The predicted molar refractivity (Wildman–Crippen MR) is 73.4 cm³/mol. The lowest BCUT2D eigenvalue weighted by Gasteiger charge is -2.12. The van der Waals surface area contributed by atoms with E-state index in [2.05, 4.69) is 38.7 Å². The standard InChI is InChI=1S/C12H16BrN3O2/c1-8(13)4-3-5-9(2)15-16-12(18)10-6-7-11(17)14-10/h3-5,10,15H,2,6-7H2,1H3,(H,14,17)(H,16,18)/b5-3-,8-4+. The first-order valence-corrected chi connectivity index (χ1v) is 6.33. The molecule has 0 saturated carbocycles. The highest BCUT2D eigenvalue weighted by atomic mass is 79.9. The van der Waals surface area contributed by atoms with Gasteiger partial charge < -0.3 is 5.32 Å². The summed E-state index contributed by atoms with van der Waals surface area (Å²) in [6, 6.07) is -0.452. The number of allylic oxidation sites excluding steroid dienone is 4. The highest BCUT2D eigenvalue weighted by Crippen LogP contribution is 2.06. The SMILES string of the molecule is C=C(/C=C\C=C(/C)Br)NNC(=O)C1CCC(=O)N1. The number of carbonyl (C=O) groups excluding carboxylic acids is 2. The van der Waals surface area contributed by atoms with E-state index in [4.69, 9.17) is 0 Å². The topological polar surface area (TPSA) is 70.2 Å². The molecule has 1 fully saturated rings. The lowest BCUT2D eigenvalue weighted by molar-refractivity contribution is -0.126. The third-order valence-electron chi connectivity index (χ3n) is 2.28. The number of hydrogen-bond donors (Lipinski definition) is 3. The van der Waals surface area contributed by atoms with Gasteiger partial charge in [-0.05, 0) is 23.9 Å². The molecule has 1 aliphatic heterocycles. The molecule has 1 rings (SSSR count). The van der Waals surface area contributed by atoms with Crippen LogP contribution in [0.1, 0.15) is 19.8 Å². The van der Waals surface area contributed by atoms with Crippen LogP contribution in [0.15, 0.2) is 35.0 Å². The van der Waals surface area contributed by atoms with Crippen molar-refractivity contribution in [2.75, 3.05) is 0 Å². The van der Waals surface area contributed by atoms with Gasteiger partial charge in [0, 0.05) is 12.1 Å². The van der Waals surface area contributed by atoms with Gasteiger partial charge in [-0.1, -0.05) is 34.7 Å². The summed E-state index contributed by atoms with van der Waals surface area (Å²) < 4.78 is 0.990. The summed E-state index contributed by atoms with van der Waals surface area (Å²) in [5.41, 5.74) is 5.72. The Kier molecular flexibility index (Phi) is 5.64. The highest BCUT2D eigenvalue weighted by molar-refractivity contribution is 9.11. The molecular formula is C12H16BrN3O2. The lowest BCUT2D eigenvalue weighted by Crippen LogP contribution is -2.46. The van der Waals surface area contributed by atoms with Gasteiger partial charge in [-0.15, -0.1) is 0 Å². The number of hydrogen-bond acceptors (Lipinski definition) is 3. The first-order chi connectivity index (χ1) is 8.49. The molecule has 0 spiro atoms. The predicted octanol–water partition coefficient (Wildman–Crippen LogP) is 1.25. The Morgan fingerprint density at radius 3 is 2.83 bits per heavy atom. The number of amides is 2. The van der Waals surface area contributed by atoms with Crippen molar-refractivity contribution in [1.29, 1.82) is 0 Å². The molecule has 1 unspecified atom stereocenters. The largest absolute Gasteiger partial charge is 0.344 e. The highest BCUT2D eigenvalue weighted by Gasteiger charge is 2.26. The molecule has 1 atom stereocenters. The van der Waals surface area contributed by atoms with Crippen molar-refractivity contribution in [1.82, 2.24) is 16.2 Å². The van der Waals surface area contributed by atoms with Crippen molar-refractivity contribution in [2.45, 2.75) is 25.8 Å². The van der Waals surface area contributed by atoms with Crippen LogP contribution in [0.5, 0.6) is 0 Å². The zero-order chi connectivity index (χ0) is 13.5. The van der Waals surface area contributed by atoms with Gasteiger partial charge in [0.2, 0.25) is 5.91 Å². The fraction of sp³-hybridized carbons (Fsp3) is 0.333. The zero-order valence-corrected chi connectivity index (χ0v) is 11.7. The van der Waals surface area contributed by atoms with Crippen LogP contribution in [-0.4, -0.2) is 17.9 Å². The van der Waals surface area contributed by atoms with Crippen LogP contribution in [0.2, 0.25) is 0 Å². The second-order valence-electron chi connectivity index (χ2n) is 3.91. The fourth-order valence-electron chi connectivity index (χ4n) is 1.38. The van der Waals surface area contributed by atoms with Gasteiger partial charge in [0.25, 0.3) is 5.91 Å². The molecule has 2 amide bonds. The Morgan fingerprint density at radius 1 is 1.56 bits per heavy atom. The molecule has 0 aromatic rings. The maximum Gasteiger partial charge on any atom is 0.260 e. The molecule has 18 heavy (non-hydrogen) atoms. The van der Waals surface area contributed by atoms with Crippen LogP contribution in [-0.2, 0) is 9.59 Å². The summed E-state index contributed by atoms with van der Waals surface area (Å²) in [5, 5.41) is 2.58. The van der Waals surface area contributed by atoms with Gasteiger partial charge in [0.15, 0.2) is 0 Å². The summed E-state index contributed by atoms with van der Waals surface area (Å²) >= 11 is 3.29. The maximum absolute atomic E-state index is 11.6. The molecule has 1 saturated heterocycles. The van der Waals surface area contributed by atoms with Crippen molar-refractivity contribution in [2.24, 2.45) is 0 Å². The van der Waals surface area contributed by atoms with Gasteiger partial charge in [-0.2, -0.15) is 0 Å². The van der Waals surface area contributed by atoms with Crippen LogP contribution >= 0.6 is 15.9 Å². The Labute approximate surface area is 114 Å². The number of nitrogens with one attached hydrogen (secondary N) is 3. The van der Waals surface area contributed by atoms with Crippen LogP contribution in [0, 0.1) is 0 Å². The molecule has 0 aromatic carbocycles. The van der Waals surface area contributed by atoms with E-state index in [-0.39, 0.29) is 11.8 Å². The first kappa shape index (κ1) is 14.5. The maximum atomic E-state index is 11.6. The molecule has 6 heteroatoms. The normalized spacial score (nSPS) is 19.8. The van der Waals surface area contributed by atoms with Crippen molar-refractivity contribution in [3.05, 3.63) is 35.0 Å². The number of carbonyl (C=O) groups is 2. The number of hydrazine groups is 1. The minimum Gasteiger partial charge on any atom is -0.344 e. The molecule has 0 aliphatic carbocycles. The Bertz CT molecular complexity index is 412. The lowest BCUT2D eigenvalue weighted by atomic mass is 10.2. The van der Waals surface area contributed by atoms with E-state index >= 15 is 0 Å². The second-order valence-corrected chi connectivity index (χ2v) is 5.16. The van der Waals surface area contributed by atoms with Crippen molar-refractivity contribution < 1.29 is 9.59 Å². The van der Waals surface area contributed by atoms with E-state index in [0.29, 0.717) is 18.5 Å². The van der Waals surface area contributed by atoms with Gasteiger partial charge in [0.05, 0.1) is 0 Å². The van der Waals surface area contributed by atoms with Crippen LogP contribution < -0.4 is 16.2 Å². The quantitative estimate of drug-likeness (QED) is 0.528.